The lowest BCUT2D eigenvalue weighted by Gasteiger charge is -2.42. The van der Waals surface area contributed by atoms with Crippen molar-refractivity contribution < 1.29 is 0 Å². The lowest BCUT2D eigenvalue weighted by Crippen LogP contribution is -2.46. The van der Waals surface area contributed by atoms with Gasteiger partial charge >= 0.3 is 0 Å². The Morgan fingerprint density at radius 1 is 0.952 bits per heavy atom. The van der Waals surface area contributed by atoms with E-state index in [1.807, 2.05) is 12.3 Å². The number of aromatic nitrogens is 1. The smallest absolute Gasteiger partial charge is 0.0544 e. The Bertz CT molecular complexity index is 608. The van der Waals surface area contributed by atoms with Gasteiger partial charge in [-0.05, 0) is 54.9 Å². The van der Waals surface area contributed by atoms with E-state index >= 15 is 0 Å². The third-order valence-electron chi connectivity index (χ3n) is 5.09. The fourth-order valence-electron chi connectivity index (χ4n) is 3.99. The summed E-state index contributed by atoms with van der Waals surface area (Å²) < 4.78 is 0. The Hall–Kier alpha value is -1.67. The van der Waals surface area contributed by atoms with Gasteiger partial charge in [-0.2, -0.15) is 0 Å². The van der Waals surface area contributed by atoms with Crippen molar-refractivity contribution in [1.29, 1.82) is 0 Å². The van der Waals surface area contributed by atoms with Crippen LogP contribution in [-0.2, 0) is 19.4 Å². The minimum absolute atomic E-state index is 0.685. The van der Waals surface area contributed by atoms with Crippen molar-refractivity contribution in [3.8, 4) is 0 Å². The molecule has 3 aliphatic rings. The summed E-state index contributed by atoms with van der Waals surface area (Å²) in [4.78, 5) is 7.19. The molecule has 2 atom stereocenters. The quantitative estimate of drug-likeness (QED) is 0.836. The van der Waals surface area contributed by atoms with Crippen molar-refractivity contribution in [2.24, 2.45) is 5.92 Å². The molecule has 0 spiro atoms. The first-order valence-electron chi connectivity index (χ1n) is 8.09. The number of nitrogens with zero attached hydrogens (tertiary/aromatic N) is 2. The summed E-state index contributed by atoms with van der Waals surface area (Å²) in [5.74, 6) is 0.811. The summed E-state index contributed by atoms with van der Waals surface area (Å²) in [7, 11) is 0. The second-order valence-corrected chi connectivity index (χ2v) is 6.52. The molecule has 2 nitrogen and oxygen atoms in total. The number of rotatable bonds is 2. The zero-order valence-electron chi connectivity index (χ0n) is 12.4. The van der Waals surface area contributed by atoms with Crippen LogP contribution in [-0.4, -0.2) is 22.5 Å². The molecule has 0 unspecified atom stereocenters. The molecule has 1 aromatic carbocycles. The molecule has 0 N–H and O–H groups in total. The summed E-state index contributed by atoms with van der Waals surface area (Å²) in [6, 6.07) is 16.0. The summed E-state index contributed by atoms with van der Waals surface area (Å²) in [6.07, 6.45) is 7.09. The van der Waals surface area contributed by atoms with Crippen molar-refractivity contribution in [1.82, 2.24) is 9.88 Å². The van der Waals surface area contributed by atoms with Crippen LogP contribution in [0.4, 0.5) is 0 Å². The van der Waals surface area contributed by atoms with E-state index in [0.717, 1.165) is 12.5 Å². The molecule has 1 aromatic heterocycles. The summed E-state index contributed by atoms with van der Waals surface area (Å²) in [6.45, 7) is 2.24. The number of piperidine rings is 1. The summed E-state index contributed by atoms with van der Waals surface area (Å²) >= 11 is 0. The molecular weight excluding hydrogens is 256 g/mol. The largest absolute Gasteiger partial charge is 0.294 e. The third-order valence-corrected chi connectivity index (χ3v) is 5.09. The topological polar surface area (TPSA) is 16.1 Å². The molecule has 2 aliphatic heterocycles. The van der Waals surface area contributed by atoms with E-state index < -0.39 is 0 Å². The Labute approximate surface area is 126 Å². The second kappa shape index (κ2) is 5.61. The fourth-order valence-corrected chi connectivity index (χ4v) is 3.99. The zero-order chi connectivity index (χ0) is 14.1. The van der Waals surface area contributed by atoms with Gasteiger partial charge in [0.15, 0.2) is 0 Å². The van der Waals surface area contributed by atoms with Crippen LogP contribution < -0.4 is 0 Å². The molecule has 2 bridgehead atoms. The van der Waals surface area contributed by atoms with Gasteiger partial charge in [0.25, 0.3) is 0 Å². The average Bonchev–Trinajstić information content (AvgIpc) is 2.49. The predicted octanol–water partition coefficient (Wildman–Crippen LogP) is 3.46. The van der Waals surface area contributed by atoms with Crippen LogP contribution >= 0.6 is 0 Å². The monoisotopic (exact) mass is 278 g/mol. The lowest BCUT2D eigenvalue weighted by atomic mass is 9.80. The summed E-state index contributed by atoms with van der Waals surface area (Å²) in [5, 5.41) is 0. The molecule has 2 aromatic rings. The molecule has 2 heteroatoms. The van der Waals surface area contributed by atoms with Crippen LogP contribution in [0.2, 0.25) is 0 Å². The SMILES string of the molecule is c1ccc(CN2C[C@H]3CC[C@@H]2Cc2ccccc2C3)nc1. The van der Waals surface area contributed by atoms with Gasteiger partial charge in [0.1, 0.15) is 0 Å². The van der Waals surface area contributed by atoms with Crippen molar-refractivity contribution in [3.63, 3.8) is 0 Å². The standard InChI is InChI=1S/C19H22N2/c1-2-6-17-12-19-9-8-15(11-16(17)5-1)13-21(19)14-18-7-3-4-10-20-18/h1-7,10,15,19H,8-9,11-14H2/t15-,19+/m0/s1. The van der Waals surface area contributed by atoms with Crippen LogP contribution in [0.3, 0.4) is 0 Å². The van der Waals surface area contributed by atoms with Crippen LogP contribution in [0, 0.1) is 5.92 Å². The van der Waals surface area contributed by atoms with E-state index in [0.29, 0.717) is 6.04 Å². The Kier molecular flexibility index (Phi) is 3.48. The lowest BCUT2D eigenvalue weighted by molar-refractivity contribution is 0.0925. The van der Waals surface area contributed by atoms with Crippen molar-refractivity contribution >= 4 is 0 Å². The van der Waals surface area contributed by atoms with Gasteiger partial charge in [0.05, 0.1) is 5.69 Å². The molecule has 21 heavy (non-hydrogen) atoms. The van der Waals surface area contributed by atoms with Gasteiger partial charge in [0.2, 0.25) is 0 Å². The molecule has 3 heterocycles. The van der Waals surface area contributed by atoms with Crippen LogP contribution in [0.1, 0.15) is 29.7 Å². The van der Waals surface area contributed by atoms with Gasteiger partial charge < -0.3 is 0 Å². The average molecular weight is 278 g/mol. The predicted molar refractivity (Wildman–Crippen MR) is 85.0 cm³/mol. The van der Waals surface area contributed by atoms with Gasteiger partial charge in [0, 0.05) is 25.3 Å². The number of fused-ring (bicyclic) bond motifs is 2. The first-order chi connectivity index (χ1) is 10.4. The number of hydrogen-bond acceptors (Lipinski definition) is 2. The van der Waals surface area contributed by atoms with E-state index in [2.05, 4.69) is 46.3 Å². The maximum atomic E-state index is 4.51. The van der Waals surface area contributed by atoms with E-state index in [-0.39, 0.29) is 0 Å². The molecule has 0 radical (unpaired) electrons. The molecule has 0 amide bonds. The van der Waals surface area contributed by atoms with E-state index in [1.54, 1.807) is 11.1 Å². The van der Waals surface area contributed by atoms with Crippen molar-refractivity contribution in [2.45, 2.75) is 38.3 Å². The normalized spacial score (nSPS) is 25.1. The zero-order valence-corrected chi connectivity index (χ0v) is 12.4. The molecule has 1 aliphatic carbocycles. The first kappa shape index (κ1) is 13.0. The molecule has 1 saturated heterocycles. The second-order valence-electron chi connectivity index (χ2n) is 6.52. The Morgan fingerprint density at radius 3 is 2.57 bits per heavy atom. The first-order valence-corrected chi connectivity index (χ1v) is 8.09. The van der Waals surface area contributed by atoms with Gasteiger partial charge in [-0.25, -0.2) is 0 Å². The van der Waals surface area contributed by atoms with E-state index in [4.69, 9.17) is 0 Å². The minimum atomic E-state index is 0.685. The highest BCUT2D eigenvalue weighted by atomic mass is 15.2. The van der Waals surface area contributed by atoms with Gasteiger partial charge in [-0.15, -0.1) is 0 Å². The van der Waals surface area contributed by atoms with Crippen LogP contribution in [0.5, 0.6) is 0 Å². The molecular formula is C19H22N2. The third kappa shape index (κ3) is 2.73. The molecule has 1 fully saturated rings. The highest BCUT2D eigenvalue weighted by Gasteiger charge is 2.31. The maximum absolute atomic E-state index is 4.51. The maximum Gasteiger partial charge on any atom is 0.0544 e. The minimum Gasteiger partial charge on any atom is -0.294 e. The van der Waals surface area contributed by atoms with Crippen molar-refractivity contribution in [2.75, 3.05) is 6.54 Å². The van der Waals surface area contributed by atoms with Crippen LogP contribution in [0.25, 0.3) is 0 Å². The highest BCUT2D eigenvalue weighted by molar-refractivity contribution is 5.30. The number of pyridine rings is 1. The summed E-state index contributed by atoms with van der Waals surface area (Å²) in [5.41, 5.74) is 4.36. The van der Waals surface area contributed by atoms with E-state index in [1.165, 1.54) is 37.9 Å². The van der Waals surface area contributed by atoms with Crippen molar-refractivity contribution in [3.05, 3.63) is 65.5 Å². The van der Waals surface area contributed by atoms with Gasteiger partial charge in [-0.1, -0.05) is 30.3 Å². The number of hydrogen-bond donors (Lipinski definition) is 0. The Balaban J connectivity index is 1.59. The van der Waals surface area contributed by atoms with Gasteiger partial charge in [-0.3, -0.25) is 9.88 Å². The highest BCUT2D eigenvalue weighted by Crippen LogP contribution is 2.32. The van der Waals surface area contributed by atoms with E-state index in [9.17, 15) is 0 Å². The van der Waals surface area contributed by atoms with Crippen LogP contribution in [0.15, 0.2) is 48.7 Å². The number of benzene rings is 1. The molecule has 5 rings (SSSR count). The Morgan fingerprint density at radius 2 is 1.76 bits per heavy atom. The molecule has 0 saturated carbocycles. The molecule has 108 valence electrons. The fraction of sp³-hybridized carbons (Fsp3) is 0.421.